The number of nitrogens with zero attached hydrogens (tertiary/aromatic N) is 3. The van der Waals surface area contributed by atoms with Crippen molar-refractivity contribution in [2.75, 3.05) is 11.9 Å². The molecule has 2 heterocycles. The van der Waals surface area contributed by atoms with Crippen molar-refractivity contribution in [2.45, 2.75) is 26.8 Å². The van der Waals surface area contributed by atoms with Crippen LogP contribution in [0, 0.1) is 6.92 Å². The summed E-state index contributed by atoms with van der Waals surface area (Å²) >= 11 is 0. The number of carbonyl (C=O) groups is 1. The molecule has 0 saturated carbocycles. The summed E-state index contributed by atoms with van der Waals surface area (Å²) in [5.41, 5.74) is 3.53. The molecule has 0 saturated heterocycles. The average Bonchev–Trinajstić information content (AvgIpc) is 2.46. The molecule has 0 aliphatic heterocycles. The van der Waals surface area contributed by atoms with E-state index >= 15 is 0 Å². The monoisotopic (exact) mass is 269 g/mol. The maximum atomic E-state index is 11.5. The molecular weight excluding hydrogens is 250 g/mol. The fraction of sp³-hybridized carbons (Fsp3) is 0.312. The van der Waals surface area contributed by atoms with E-state index in [-0.39, 0.29) is 5.78 Å². The maximum Gasteiger partial charge on any atom is 0.180 e. The van der Waals surface area contributed by atoms with Gasteiger partial charge in [-0.3, -0.25) is 14.8 Å². The van der Waals surface area contributed by atoms with E-state index in [1.165, 1.54) is 0 Å². The SMILES string of the molecule is CCC(=O)c1ccc(N(C)Cc2cccc(C)n2)cn1. The van der Waals surface area contributed by atoms with Gasteiger partial charge in [-0.2, -0.15) is 0 Å². The molecule has 2 aromatic rings. The summed E-state index contributed by atoms with van der Waals surface area (Å²) in [6, 6.07) is 9.70. The van der Waals surface area contributed by atoms with Crippen LogP contribution < -0.4 is 4.90 Å². The second-order valence-electron chi connectivity index (χ2n) is 4.80. The van der Waals surface area contributed by atoms with Gasteiger partial charge in [-0.15, -0.1) is 0 Å². The lowest BCUT2D eigenvalue weighted by Gasteiger charge is -2.18. The van der Waals surface area contributed by atoms with Gasteiger partial charge in [0.05, 0.1) is 24.1 Å². The minimum atomic E-state index is 0.0690. The summed E-state index contributed by atoms with van der Waals surface area (Å²) in [5, 5.41) is 0. The summed E-state index contributed by atoms with van der Waals surface area (Å²) in [5.74, 6) is 0.0690. The molecule has 0 aromatic carbocycles. The smallest absolute Gasteiger partial charge is 0.180 e. The van der Waals surface area contributed by atoms with Crippen molar-refractivity contribution in [3.63, 3.8) is 0 Å². The Kier molecular flexibility index (Phi) is 4.45. The Morgan fingerprint density at radius 2 is 2.05 bits per heavy atom. The van der Waals surface area contributed by atoms with Crippen LogP contribution in [0.15, 0.2) is 36.5 Å². The number of aromatic nitrogens is 2. The number of Topliss-reactive ketones (excluding diaryl/α,β-unsaturated/α-hetero) is 1. The highest BCUT2D eigenvalue weighted by Crippen LogP contribution is 2.14. The highest BCUT2D eigenvalue weighted by atomic mass is 16.1. The number of pyridine rings is 2. The Morgan fingerprint density at radius 1 is 1.25 bits per heavy atom. The number of hydrogen-bond donors (Lipinski definition) is 0. The third-order valence-corrected chi connectivity index (χ3v) is 3.14. The van der Waals surface area contributed by atoms with E-state index in [9.17, 15) is 4.79 Å². The van der Waals surface area contributed by atoms with Gasteiger partial charge in [0, 0.05) is 19.2 Å². The van der Waals surface area contributed by atoms with Crippen molar-refractivity contribution in [1.29, 1.82) is 0 Å². The fourth-order valence-electron chi connectivity index (χ4n) is 1.98. The number of carbonyl (C=O) groups excluding carboxylic acids is 1. The molecule has 0 spiro atoms. The molecule has 0 aliphatic rings. The van der Waals surface area contributed by atoms with Crippen molar-refractivity contribution in [3.8, 4) is 0 Å². The molecule has 20 heavy (non-hydrogen) atoms. The van der Waals surface area contributed by atoms with Gasteiger partial charge < -0.3 is 4.90 Å². The van der Waals surface area contributed by atoms with Crippen molar-refractivity contribution >= 4 is 11.5 Å². The van der Waals surface area contributed by atoms with Crippen molar-refractivity contribution in [2.24, 2.45) is 0 Å². The standard InChI is InChI=1S/C16H19N3O/c1-4-16(20)15-9-8-14(10-17-15)19(3)11-13-7-5-6-12(2)18-13/h5-10H,4,11H2,1-3H3. The zero-order chi connectivity index (χ0) is 14.5. The van der Waals surface area contributed by atoms with E-state index in [1.54, 1.807) is 12.3 Å². The molecule has 0 fully saturated rings. The molecule has 2 rings (SSSR count). The van der Waals surface area contributed by atoms with E-state index in [4.69, 9.17) is 0 Å². The van der Waals surface area contributed by atoms with Gasteiger partial charge in [0.25, 0.3) is 0 Å². The summed E-state index contributed by atoms with van der Waals surface area (Å²) in [7, 11) is 1.99. The summed E-state index contributed by atoms with van der Waals surface area (Å²) in [6.45, 7) is 4.54. The first-order valence-electron chi connectivity index (χ1n) is 6.73. The van der Waals surface area contributed by atoms with Gasteiger partial charge in [-0.25, -0.2) is 0 Å². The van der Waals surface area contributed by atoms with Gasteiger partial charge in [0.1, 0.15) is 5.69 Å². The first kappa shape index (κ1) is 14.2. The molecule has 104 valence electrons. The van der Waals surface area contributed by atoms with E-state index in [0.29, 0.717) is 18.7 Å². The van der Waals surface area contributed by atoms with E-state index in [2.05, 4.69) is 14.9 Å². The van der Waals surface area contributed by atoms with Crippen LogP contribution in [-0.4, -0.2) is 22.8 Å². The van der Waals surface area contributed by atoms with Crippen molar-refractivity contribution < 1.29 is 4.79 Å². The van der Waals surface area contributed by atoms with Gasteiger partial charge in [0.2, 0.25) is 0 Å². The fourth-order valence-corrected chi connectivity index (χ4v) is 1.98. The van der Waals surface area contributed by atoms with Crippen LogP contribution in [0.4, 0.5) is 5.69 Å². The molecule has 0 bridgehead atoms. The minimum absolute atomic E-state index is 0.0690. The van der Waals surface area contributed by atoms with Crippen LogP contribution in [0.1, 0.15) is 35.2 Å². The Balaban J connectivity index is 2.09. The quantitative estimate of drug-likeness (QED) is 0.783. The summed E-state index contributed by atoms with van der Waals surface area (Å²) < 4.78 is 0. The third-order valence-electron chi connectivity index (χ3n) is 3.14. The molecule has 0 aliphatic carbocycles. The molecule has 0 N–H and O–H groups in total. The second kappa shape index (κ2) is 6.28. The number of ketones is 1. The lowest BCUT2D eigenvalue weighted by atomic mass is 10.2. The van der Waals surface area contributed by atoms with Crippen LogP contribution in [0.3, 0.4) is 0 Å². The lowest BCUT2D eigenvalue weighted by Crippen LogP contribution is -2.17. The Morgan fingerprint density at radius 3 is 2.65 bits per heavy atom. The third kappa shape index (κ3) is 3.41. The molecule has 0 radical (unpaired) electrons. The summed E-state index contributed by atoms with van der Waals surface area (Å²) in [6.07, 6.45) is 2.22. The van der Waals surface area contributed by atoms with Gasteiger partial charge >= 0.3 is 0 Å². The molecule has 4 heteroatoms. The predicted molar refractivity (Wildman–Crippen MR) is 79.9 cm³/mol. The van der Waals surface area contributed by atoms with Crippen LogP contribution in [0.2, 0.25) is 0 Å². The number of rotatable bonds is 5. The zero-order valence-corrected chi connectivity index (χ0v) is 12.1. The lowest BCUT2D eigenvalue weighted by molar-refractivity contribution is 0.0983. The second-order valence-corrected chi connectivity index (χ2v) is 4.80. The first-order valence-corrected chi connectivity index (χ1v) is 6.73. The highest BCUT2D eigenvalue weighted by Gasteiger charge is 2.07. The molecule has 2 aromatic heterocycles. The Bertz CT molecular complexity index is 593. The van der Waals surface area contributed by atoms with E-state index in [0.717, 1.165) is 17.1 Å². The summed E-state index contributed by atoms with van der Waals surface area (Å²) in [4.78, 5) is 22.3. The van der Waals surface area contributed by atoms with Gasteiger partial charge in [0.15, 0.2) is 5.78 Å². The zero-order valence-electron chi connectivity index (χ0n) is 12.1. The largest absolute Gasteiger partial charge is 0.367 e. The van der Waals surface area contributed by atoms with Crippen LogP contribution >= 0.6 is 0 Å². The van der Waals surface area contributed by atoms with E-state index < -0.39 is 0 Å². The van der Waals surface area contributed by atoms with Crippen LogP contribution in [-0.2, 0) is 6.54 Å². The van der Waals surface area contributed by atoms with Gasteiger partial charge in [-0.05, 0) is 31.2 Å². The van der Waals surface area contributed by atoms with Crippen LogP contribution in [0.5, 0.6) is 0 Å². The minimum Gasteiger partial charge on any atom is -0.367 e. The maximum absolute atomic E-state index is 11.5. The van der Waals surface area contributed by atoms with Gasteiger partial charge in [-0.1, -0.05) is 13.0 Å². The Hall–Kier alpha value is -2.23. The van der Waals surface area contributed by atoms with Crippen molar-refractivity contribution in [3.05, 3.63) is 53.6 Å². The van der Waals surface area contributed by atoms with Crippen LogP contribution in [0.25, 0.3) is 0 Å². The predicted octanol–water partition coefficient (Wildman–Crippen LogP) is 3.01. The Labute approximate surface area is 119 Å². The molecular formula is C16H19N3O. The molecule has 0 atom stereocenters. The van der Waals surface area contributed by atoms with Crippen molar-refractivity contribution in [1.82, 2.24) is 9.97 Å². The average molecular weight is 269 g/mol. The topological polar surface area (TPSA) is 46.1 Å². The number of anilines is 1. The molecule has 0 amide bonds. The molecule has 4 nitrogen and oxygen atoms in total. The first-order chi connectivity index (χ1) is 9.60. The molecule has 0 unspecified atom stereocenters. The number of aryl methyl sites for hydroxylation is 1. The number of hydrogen-bond acceptors (Lipinski definition) is 4. The van der Waals surface area contributed by atoms with E-state index in [1.807, 2.05) is 45.2 Å². The normalized spacial score (nSPS) is 10.3. The highest BCUT2D eigenvalue weighted by molar-refractivity contribution is 5.94.